The van der Waals surface area contributed by atoms with Crippen molar-refractivity contribution in [2.24, 2.45) is 0 Å². The molecule has 0 aromatic carbocycles. The van der Waals surface area contributed by atoms with Crippen molar-refractivity contribution >= 4 is 45.0 Å². The number of carbonyl (C=O) groups is 2. The highest BCUT2D eigenvalue weighted by Crippen LogP contribution is 2.24. The summed E-state index contributed by atoms with van der Waals surface area (Å²) in [5, 5.41) is 1.94. The number of nitrogens with one attached hydrogen (secondary N) is 1. The summed E-state index contributed by atoms with van der Waals surface area (Å²) in [5.74, 6) is -1.37. The molecule has 0 aliphatic carbocycles. The van der Waals surface area contributed by atoms with Crippen LogP contribution in [0.2, 0.25) is 10.2 Å². The number of nitrogens with zero attached hydrogens (tertiary/aromatic N) is 2. The fourth-order valence-electron chi connectivity index (χ4n) is 1.47. The van der Waals surface area contributed by atoms with Crippen molar-refractivity contribution in [3.63, 3.8) is 0 Å². The minimum atomic E-state index is -4.02. The SMILES string of the molecule is O=C1CN(S(=O)(=O)c2cnc(Cl)c(Cl)c2)CC(=O)N1. The second-order valence-electron chi connectivity index (χ2n) is 3.69. The van der Waals surface area contributed by atoms with Crippen LogP contribution >= 0.6 is 23.2 Å². The molecule has 10 heteroatoms. The summed E-state index contributed by atoms with van der Waals surface area (Å²) in [6.45, 7) is -0.872. The number of halogens is 2. The third-order valence-corrected chi connectivity index (χ3v) is 4.77. The standard InChI is InChI=1S/C9H7Cl2N3O4S/c10-6-1-5(2-12-9(6)11)19(17,18)14-3-7(15)13-8(16)4-14/h1-2H,3-4H2,(H,13,15,16). The number of piperazine rings is 1. The Hall–Kier alpha value is -1.22. The lowest BCUT2D eigenvalue weighted by Gasteiger charge is -2.24. The van der Waals surface area contributed by atoms with Gasteiger partial charge in [0.05, 0.1) is 18.1 Å². The molecule has 1 aliphatic heterocycles. The molecular weight excluding hydrogens is 317 g/mol. The molecule has 2 amide bonds. The van der Waals surface area contributed by atoms with Crippen molar-refractivity contribution in [3.8, 4) is 0 Å². The maximum atomic E-state index is 12.2. The van der Waals surface area contributed by atoms with E-state index in [1.165, 1.54) is 0 Å². The van der Waals surface area contributed by atoms with E-state index >= 15 is 0 Å². The molecule has 2 rings (SSSR count). The quantitative estimate of drug-likeness (QED) is 0.612. The summed E-state index contributed by atoms with van der Waals surface area (Å²) in [7, 11) is -4.02. The molecule has 1 saturated heterocycles. The summed E-state index contributed by atoms with van der Waals surface area (Å²) >= 11 is 11.3. The highest BCUT2D eigenvalue weighted by atomic mass is 35.5. The van der Waals surface area contributed by atoms with E-state index in [0.29, 0.717) is 0 Å². The monoisotopic (exact) mass is 323 g/mol. The van der Waals surface area contributed by atoms with Crippen LogP contribution in [-0.2, 0) is 19.6 Å². The van der Waals surface area contributed by atoms with E-state index < -0.39 is 34.9 Å². The first-order valence-electron chi connectivity index (χ1n) is 4.94. The Kier molecular flexibility index (Phi) is 3.77. The van der Waals surface area contributed by atoms with E-state index in [-0.39, 0.29) is 15.1 Å². The summed E-state index contributed by atoms with van der Waals surface area (Å²) in [6, 6.07) is 1.11. The maximum absolute atomic E-state index is 12.2. The third kappa shape index (κ3) is 2.86. The molecule has 1 N–H and O–H groups in total. The lowest BCUT2D eigenvalue weighted by molar-refractivity contribution is -0.134. The van der Waals surface area contributed by atoms with Gasteiger partial charge in [-0.3, -0.25) is 14.9 Å². The molecule has 7 nitrogen and oxygen atoms in total. The Bertz CT molecular complexity index is 645. The summed E-state index contributed by atoms with van der Waals surface area (Å²) in [4.78, 5) is 25.8. The fourth-order valence-corrected chi connectivity index (χ4v) is 3.13. The van der Waals surface area contributed by atoms with Crippen molar-refractivity contribution in [2.45, 2.75) is 4.90 Å². The Morgan fingerprint density at radius 1 is 1.21 bits per heavy atom. The molecule has 1 aliphatic rings. The number of carbonyl (C=O) groups excluding carboxylic acids is 2. The molecule has 0 bridgehead atoms. The van der Waals surface area contributed by atoms with Crippen LogP contribution in [-0.4, -0.2) is 42.6 Å². The summed E-state index contributed by atoms with van der Waals surface area (Å²) < 4.78 is 25.1. The number of hydrogen-bond donors (Lipinski definition) is 1. The average Bonchev–Trinajstić information content (AvgIpc) is 2.31. The Balaban J connectivity index is 2.39. The van der Waals surface area contributed by atoms with Crippen LogP contribution in [0.5, 0.6) is 0 Å². The number of amides is 2. The molecule has 0 saturated carbocycles. The molecule has 19 heavy (non-hydrogen) atoms. The first-order valence-corrected chi connectivity index (χ1v) is 7.14. The van der Waals surface area contributed by atoms with Gasteiger partial charge in [0.15, 0.2) is 0 Å². The normalized spacial score (nSPS) is 17.4. The predicted molar refractivity (Wildman–Crippen MR) is 66.2 cm³/mol. The predicted octanol–water partition coefficient (Wildman–Crippen LogP) is 0.0355. The smallest absolute Gasteiger partial charge is 0.245 e. The molecular formula is C9H7Cl2N3O4S. The van der Waals surface area contributed by atoms with Gasteiger partial charge in [0.25, 0.3) is 0 Å². The van der Waals surface area contributed by atoms with Gasteiger partial charge in [-0.15, -0.1) is 0 Å². The average molecular weight is 324 g/mol. The van der Waals surface area contributed by atoms with Gasteiger partial charge >= 0.3 is 0 Å². The number of rotatable bonds is 2. The molecule has 102 valence electrons. The lowest BCUT2D eigenvalue weighted by atomic mass is 10.4. The van der Waals surface area contributed by atoms with Crippen LogP contribution in [0.1, 0.15) is 0 Å². The van der Waals surface area contributed by atoms with Crippen LogP contribution < -0.4 is 5.32 Å². The van der Waals surface area contributed by atoms with E-state index in [2.05, 4.69) is 4.98 Å². The fraction of sp³-hybridized carbons (Fsp3) is 0.222. The molecule has 0 radical (unpaired) electrons. The topological polar surface area (TPSA) is 96.4 Å². The number of sulfonamides is 1. The van der Waals surface area contributed by atoms with Crippen LogP contribution in [0.15, 0.2) is 17.2 Å². The molecule has 1 aromatic rings. The zero-order chi connectivity index (χ0) is 14.2. The van der Waals surface area contributed by atoms with Gasteiger partial charge in [-0.05, 0) is 6.07 Å². The molecule has 0 atom stereocenters. The van der Waals surface area contributed by atoms with E-state index in [1.807, 2.05) is 5.32 Å². The van der Waals surface area contributed by atoms with Crippen molar-refractivity contribution in [1.82, 2.24) is 14.6 Å². The lowest BCUT2D eigenvalue weighted by Crippen LogP contribution is -2.53. The Labute approximate surface area is 118 Å². The zero-order valence-corrected chi connectivity index (χ0v) is 11.6. The summed E-state index contributed by atoms with van der Waals surface area (Å²) in [5.41, 5.74) is 0. The van der Waals surface area contributed by atoms with Gasteiger partial charge in [-0.2, -0.15) is 4.31 Å². The van der Waals surface area contributed by atoms with Gasteiger partial charge in [0.2, 0.25) is 21.8 Å². The molecule has 0 spiro atoms. The molecule has 1 aromatic heterocycles. The highest BCUT2D eigenvalue weighted by molar-refractivity contribution is 7.89. The first kappa shape index (κ1) is 14.2. The minimum Gasteiger partial charge on any atom is -0.294 e. The molecule has 1 fully saturated rings. The van der Waals surface area contributed by atoms with Crippen molar-refractivity contribution in [1.29, 1.82) is 0 Å². The van der Waals surface area contributed by atoms with E-state index in [0.717, 1.165) is 16.6 Å². The van der Waals surface area contributed by atoms with E-state index in [9.17, 15) is 18.0 Å². The number of pyridine rings is 1. The molecule has 0 unspecified atom stereocenters. The van der Waals surface area contributed by atoms with Crippen molar-refractivity contribution in [3.05, 3.63) is 22.4 Å². The second-order valence-corrected chi connectivity index (χ2v) is 6.39. The molecule has 2 heterocycles. The largest absolute Gasteiger partial charge is 0.294 e. The summed E-state index contributed by atoms with van der Waals surface area (Å²) in [6.07, 6.45) is 1.01. The Morgan fingerprint density at radius 3 is 2.32 bits per heavy atom. The maximum Gasteiger partial charge on any atom is 0.245 e. The van der Waals surface area contributed by atoms with Crippen LogP contribution in [0.4, 0.5) is 0 Å². The second kappa shape index (κ2) is 5.04. The van der Waals surface area contributed by atoms with Gasteiger partial charge in [0.1, 0.15) is 10.0 Å². The van der Waals surface area contributed by atoms with Crippen LogP contribution in [0, 0.1) is 0 Å². The third-order valence-electron chi connectivity index (χ3n) is 2.33. The van der Waals surface area contributed by atoms with E-state index in [4.69, 9.17) is 23.2 Å². The number of hydrogen-bond acceptors (Lipinski definition) is 5. The van der Waals surface area contributed by atoms with Crippen molar-refractivity contribution in [2.75, 3.05) is 13.1 Å². The van der Waals surface area contributed by atoms with E-state index in [1.54, 1.807) is 0 Å². The van der Waals surface area contributed by atoms with Crippen molar-refractivity contribution < 1.29 is 18.0 Å². The number of imide groups is 1. The Morgan fingerprint density at radius 2 is 1.79 bits per heavy atom. The minimum absolute atomic E-state index is 0.0319. The van der Waals surface area contributed by atoms with Gasteiger partial charge in [-0.25, -0.2) is 13.4 Å². The zero-order valence-electron chi connectivity index (χ0n) is 9.26. The van der Waals surface area contributed by atoms with Crippen LogP contribution in [0.25, 0.3) is 0 Å². The van der Waals surface area contributed by atoms with Gasteiger partial charge in [-0.1, -0.05) is 23.2 Å². The van der Waals surface area contributed by atoms with Crippen LogP contribution in [0.3, 0.4) is 0 Å². The number of aromatic nitrogens is 1. The first-order chi connectivity index (χ1) is 8.80. The van der Waals surface area contributed by atoms with Gasteiger partial charge < -0.3 is 0 Å². The highest BCUT2D eigenvalue weighted by Gasteiger charge is 2.33. The van der Waals surface area contributed by atoms with Gasteiger partial charge in [0, 0.05) is 6.20 Å².